The topological polar surface area (TPSA) is 80.4 Å². The number of nitrogens with two attached hydrogens (primary N) is 1. The predicted molar refractivity (Wildman–Crippen MR) is 80.9 cm³/mol. The third-order valence-corrected chi connectivity index (χ3v) is 6.23. The Kier molecular flexibility index (Phi) is 5.17. The van der Waals surface area contributed by atoms with Crippen molar-refractivity contribution < 1.29 is 13.5 Å². The molecular weight excluding hydrogens is 330 g/mol. The summed E-state index contributed by atoms with van der Waals surface area (Å²) in [5.74, 6) is -0.428. The Labute approximate surface area is 123 Å². The molecule has 6 heteroatoms. The van der Waals surface area contributed by atoms with Crippen molar-refractivity contribution in [3.63, 3.8) is 0 Å². The molecule has 1 aromatic rings. The molecule has 1 aromatic carbocycles. The van der Waals surface area contributed by atoms with Crippen LogP contribution in [0.25, 0.3) is 0 Å². The molecule has 0 saturated carbocycles. The molecular formula is C13H20BrNO3S. The summed E-state index contributed by atoms with van der Waals surface area (Å²) in [6, 6.07) is 7.39. The van der Waals surface area contributed by atoms with Crippen LogP contribution in [0.3, 0.4) is 0 Å². The van der Waals surface area contributed by atoms with Crippen LogP contribution >= 0.6 is 15.9 Å². The van der Waals surface area contributed by atoms with Gasteiger partial charge in [0.15, 0.2) is 9.84 Å². The van der Waals surface area contributed by atoms with Gasteiger partial charge in [-0.15, -0.1) is 0 Å². The van der Waals surface area contributed by atoms with Crippen molar-refractivity contribution in [1.29, 1.82) is 0 Å². The fourth-order valence-corrected chi connectivity index (χ4v) is 2.91. The molecule has 0 aliphatic rings. The lowest BCUT2D eigenvalue weighted by Gasteiger charge is -2.34. The van der Waals surface area contributed by atoms with Crippen LogP contribution in [0.1, 0.15) is 25.3 Å². The molecule has 1 rings (SSSR count). The normalized spacial score (nSPS) is 16.1. The minimum absolute atomic E-state index is 0.177. The molecule has 2 atom stereocenters. The van der Waals surface area contributed by atoms with Crippen LogP contribution in [0.2, 0.25) is 0 Å². The average molecular weight is 350 g/mol. The fourth-order valence-electron chi connectivity index (χ4n) is 1.89. The Morgan fingerprint density at radius 1 is 1.42 bits per heavy atom. The third kappa shape index (κ3) is 3.56. The lowest BCUT2D eigenvalue weighted by molar-refractivity contribution is 0.110. The number of hydrogen-bond donors (Lipinski definition) is 2. The smallest absolute Gasteiger partial charge is 0.155 e. The van der Waals surface area contributed by atoms with E-state index >= 15 is 0 Å². The minimum Gasteiger partial charge on any atom is -0.391 e. The zero-order valence-corrected chi connectivity index (χ0v) is 13.7. The number of rotatable bonds is 5. The fraction of sp³-hybridized carbons (Fsp3) is 0.538. The molecule has 2 unspecified atom stereocenters. The van der Waals surface area contributed by atoms with Gasteiger partial charge < -0.3 is 10.8 Å². The van der Waals surface area contributed by atoms with Gasteiger partial charge in [-0.2, -0.15) is 0 Å². The van der Waals surface area contributed by atoms with E-state index in [1.807, 2.05) is 24.3 Å². The number of aliphatic hydroxyl groups is 1. The molecule has 0 spiro atoms. The van der Waals surface area contributed by atoms with Crippen LogP contribution in [0.4, 0.5) is 0 Å². The average Bonchev–Trinajstić information content (AvgIpc) is 2.28. The molecule has 0 saturated heterocycles. The molecule has 108 valence electrons. The maximum absolute atomic E-state index is 11.8. The van der Waals surface area contributed by atoms with Crippen LogP contribution in [0.15, 0.2) is 28.7 Å². The van der Waals surface area contributed by atoms with Crippen molar-refractivity contribution in [3.8, 4) is 0 Å². The molecule has 0 aromatic heterocycles. The molecule has 3 N–H and O–H groups in total. The van der Waals surface area contributed by atoms with Crippen molar-refractivity contribution in [1.82, 2.24) is 0 Å². The first-order valence-electron chi connectivity index (χ1n) is 5.94. The highest BCUT2D eigenvalue weighted by atomic mass is 79.9. The second kappa shape index (κ2) is 5.91. The van der Waals surface area contributed by atoms with E-state index in [0.29, 0.717) is 0 Å². The van der Waals surface area contributed by atoms with Crippen molar-refractivity contribution in [2.24, 2.45) is 5.73 Å². The van der Waals surface area contributed by atoms with Crippen LogP contribution in [-0.4, -0.2) is 37.2 Å². The number of halogens is 1. The second-order valence-electron chi connectivity index (χ2n) is 5.22. The Balaban J connectivity index is 3.18. The van der Waals surface area contributed by atoms with Gasteiger partial charge in [-0.05, 0) is 31.5 Å². The third-order valence-electron chi connectivity index (χ3n) is 3.58. The van der Waals surface area contributed by atoms with E-state index in [0.717, 1.165) is 16.3 Å². The van der Waals surface area contributed by atoms with Gasteiger partial charge in [0, 0.05) is 23.2 Å². The first-order chi connectivity index (χ1) is 8.61. The van der Waals surface area contributed by atoms with Gasteiger partial charge in [0.2, 0.25) is 0 Å². The van der Waals surface area contributed by atoms with Crippen molar-refractivity contribution >= 4 is 25.8 Å². The van der Waals surface area contributed by atoms with Crippen LogP contribution in [0.5, 0.6) is 0 Å². The standard InChI is InChI=1S/C13H20BrNO3S/c1-13(2,19(3,17)18)12(16)11(8-15)9-5-4-6-10(14)7-9/h4-7,11-12,16H,8,15H2,1-3H3. The Morgan fingerprint density at radius 3 is 2.42 bits per heavy atom. The molecule has 0 aliphatic carbocycles. The summed E-state index contributed by atoms with van der Waals surface area (Å²) in [6.07, 6.45) is 0.0619. The van der Waals surface area contributed by atoms with Crippen LogP contribution in [0, 0.1) is 0 Å². The minimum atomic E-state index is -3.39. The van der Waals surface area contributed by atoms with Gasteiger partial charge in [0.1, 0.15) is 0 Å². The molecule has 4 nitrogen and oxygen atoms in total. The van der Waals surface area contributed by atoms with Crippen LogP contribution in [-0.2, 0) is 9.84 Å². The van der Waals surface area contributed by atoms with E-state index in [2.05, 4.69) is 15.9 Å². The quantitative estimate of drug-likeness (QED) is 0.847. The molecule has 0 heterocycles. The van der Waals surface area contributed by atoms with Gasteiger partial charge >= 0.3 is 0 Å². The lowest BCUT2D eigenvalue weighted by atomic mass is 9.87. The van der Waals surface area contributed by atoms with Crippen LogP contribution < -0.4 is 5.73 Å². The molecule has 0 fully saturated rings. The molecule has 0 amide bonds. The summed E-state index contributed by atoms with van der Waals surface area (Å²) in [4.78, 5) is 0. The van der Waals surface area contributed by atoms with E-state index in [4.69, 9.17) is 5.73 Å². The van der Waals surface area contributed by atoms with Gasteiger partial charge in [0.05, 0.1) is 10.9 Å². The Morgan fingerprint density at radius 2 is 2.00 bits per heavy atom. The summed E-state index contributed by atoms with van der Waals surface area (Å²) < 4.78 is 23.2. The molecule has 19 heavy (non-hydrogen) atoms. The molecule has 0 aliphatic heterocycles. The van der Waals surface area contributed by atoms with E-state index in [-0.39, 0.29) is 6.54 Å². The largest absolute Gasteiger partial charge is 0.391 e. The summed E-state index contributed by atoms with van der Waals surface area (Å²) in [5.41, 5.74) is 6.55. The maximum Gasteiger partial charge on any atom is 0.155 e. The summed E-state index contributed by atoms with van der Waals surface area (Å²) >= 11 is 3.36. The van der Waals surface area contributed by atoms with E-state index in [1.165, 1.54) is 13.8 Å². The molecule has 0 radical (unpaired) electrons. The van der Waals surface area contributed by atoms with Crippen molar-refractivity contribution in [3.05, 3.63) is 34.3 Å². The van der Waals surface area contributed by atoms with E-state index in [9.17, 15) is 13.5 Å². The first-order valence-corrected chi connectivity index (χ1v) is 8.63. The monoisotopic (exact) mass is 349 g/mol. The number of aliphatic hydroxyl groups excluding tert-OH is 1. The predicted octanol–water partition coefficient (Wildman–Crippen LogP) is 1.68. The van der Waals surface area contributed by atoms with Gasteiger partial charge in [0.25, 0.3) is 0 Å². The Bertz CT molecular complexity index is 543. The SMILES string of the molecule is CC(C)(C(O)C(CN)c1cccc(Br)c1)S(C)(=O)=O. The first kappa shape index (κ1) is 16.6. The highest BCUT2D eigenvalue weighted by molar-refractivity contribution is 9.10. The van der Waals surface area contributed by atoms with E-state index in [1.54, 1.807) is 0 Å². The second-order valence-corrected chi connectivity index (χ2v) is 8.73. The number of benzene rings is 1. The zero-order chi connectivity index (χ0) is 14.8. The molecule has 0 bridgehead atoms. The number of sulfone groups is 1. The van der Waals surface area contributed by atoms with Gasteiger partial charge in [-0.3, -0.25) is 0 Å². The summed E-state index contributed by atoms with van der Waals surface area (Å²) in [6.45, 7) is 3.22. The van der Waals surface area contributed by atoms with Crippen molar-refractivity contribution in [2.75, 3.05) is 12.8 Å². The lowest BCUT2D eigenvalue weighted by Crippen LogP contribution is -2.48. The Hall–Kier alpha value is -0.430. The highest BCUT2D eigenvalue weighted by Crippen LogP contribution is 2.31. The van der Waals surface area contributed by atoms with Gasteiger partial charge in [-0.1, -0.05) is 28.1 Å². The van der Waals surface area contributed by atoms with Gasteiger partial charge in [-0.25, -0.2) is 8.42 Å². The zero-order valence-electron chi connectivity index (χ0n) is 11.3. The van der Waals surface area contributed by atoms with E-state index < -0.39 is 26.6 Å². The number of hydrogen-bond acceptors (Lipinski definition) is 4. The highest BCUT2D eigenvalue weighted by Gasteiger charge is 2.42. The summed E-state index contributed by atoms with van der Waals surface area (Å²) in [5, 5.41) is 10.4. The maximum atomic E-state index is 11.8. The van der Waals surface area contributed by atoms with Crippen molar-refractivity contribution in [2.45, 2.75) is 30.6 Å². The summed E-state index contributed by atoms with van der Waals surface area (Å²) in [7, 11) is -3.39.